The summed E-state index contributed by atoms with van der Waals surface area (Å²) in [5, 5.41) is 0.0716. The summed E-state index contributed by atoms with van der Waals surface area (Å²) in [6.07, 6.45) is 3.20. The standard InChI is InChI=1S/C13H15ClN4O3S2/c14-11-3-2-10(22-11)13(19)17-4-1-5-18(7-6-17)23(20,21)12-8-15-9-16-12/h2-3,8-9H,1,4-7H2,(H,15,16). The van der Waals surface area contributed by atoms with Crippen molar-refractivity contribution in [3.05, 3.63) is 33.9 Å². The first-order chi connectivity index (χ1) is 11.0. The van der Waals surface area contributed by atoms with E-state index in [4.69, 9.17) is 11.6 Å². The zero-order valence-corrected chi connectivity index (χ0v) is 14.5. The first-order valence-corrected chi connectivity index (χ1v) is 9.65. The van der Waals surface area contributed by atoms with Gasteiger partial charge in [-0.3, -0.25) is 4.79 Å². The SMILES string of the molecule is O=C(c1ccc(Cl)s1)N1CCCN(S(=O)(=O)c2cnc[nH]2)CC1. The Morgan fingerprint density at radius 3 is 2.74 bits per heavy atom. The summed E-state index contributed by atoms with van der Waals surface area (Å²) in [7, 11) is -3.59. The number of nitrogens with one attached hydrogen (secondary N) is 1. The van der Waals surface area contributed by atoms with Gasteiger partial charge in [-0.15, -0.1) is 11.3 Å². The predicted octanol–water partition coefficient (Wildman–Crippen LogP) is 1.66. The van der Waals surface area contributed by atoms with E-state index in [9.17, 15) is 13.2 Å². The van der Waals surface area contributed by atoms with Crippen LogP contribution >= 0.6 is 22.9 Å². The third kappa shape index (κ3) is 3.42. The molecule has 0 aromatic carbocycles. The van der Waals surface area contributed by atoms with Gasteiger partial charge in [-0.2, -0.15) is 4.31 Å². The molecule has 3 heterocycles. The lowest BCUT2D eigenvalue weighted by Crippen LogP contribution is -2.37. The van der Waals surface area contributed by atoms with Gasteiger partial charge < -0.3 is 9.88 Å². The first kappa shape index (κ1) is 16.4. The highest BCUT2D eigenvalue weighted by molar-refractivity contribution is 7.89. The van der Waals surface area contributed by atoms with E-state index in [1.165, 1.54) is 28.2 Å². The fourth-order valence-corrected chi connectivity index (χ4v) is 4.82. The molecule has 124 valence electrons. The lowest BCUT2D eigenvalue weighted by atomic mass is 10.3. The van der Waals surface area contributed by atoms with Crippen LogP contribution in [0.1, 0.15) is 16.1 Å². The number of halogens is 1. The van der Waals surface area contributed by atoms with Gasteiger partial charge in [-0.25, -0.2) is 13.4 Å². The van der Waals surface area contributed by atoms with E-state index in [1.807, 2.05) is 0 Å². The number of nitrogens with zero attached hydrogens (tertiary/aromatic N) is 3. The van der Waals surface area contributed by atoms with Gasteiger partial charge in [0.15, 0.2) is 5.03 Å². The van der Waals surface area contributed by atoms with E-state index in [-0.39, 0.29) is 17.5 Å². The number of hydrogen-bond acceptors (Lipinski definition) is 5. The predicted molar refractivity (Wildman–Crippen MR) is 87.2 cm³/mol. The third-order valence-corrected chi connectivity index (χ3v) is 6.66. The van der Waals surface area contributed by atoms with E-state index in [0.29, 0.717) is 35.3 Å². The van der Waals surface area contributed by atoms with Crippen LogP contribution in [-0.2, 0) is 10.0 Å². The number of rotatable bonds is 3. The molecule has 1 fully saturated rings. The molecule has 1 N–H and O–H groups in total. The highest BCUT2D eigenvalue weighted by atomic mass is 35.5. The molecular weight excluding hydrogens is 360 g/mol. The monoisotopic (exact) mass is 374 g/mol. The van der Waals surface area contributed by atoms with Crippen molar-refractivity contribution in [2.75, 3.05) is 26.2 Å². The highest BCUT2D eigenvalue weighted by Crippen LogP contribution is 2.23. The first-order valence-electron chi connectivity index (χ1n) is 7.01. The highest BCUT2D eigenvalue weighted by Gasteiger charge is 2.29. The van der Waals surface area contributed by atoms with Crippen molar-refractivity contribution in [2.24, 2.45) is 0 Å². The number of aromatic amines is 1. The Hall–Kier alpha value is -1.42. The second-order valence-corrected chi connectivity index (χ2v) is 8.69. The van der Waals surface area contributed by atoms with Gasteiger partial charge in [0.05, 0.1) is 21.7 Å². The largest absolute Gasteiger partial charge is 0.337 e. The zero-order valence-electron chi connectivity index (χ0n) is 12.1. The molecule has 1 saturated heterocycles. The van der Waals surface area contributed by atoms with Crippen LogP contribution in [0.15, 0.2) is 29.7 Å². The van der Waals surface area contributed by atoms with Crippen LogP contribution in [0.3, 0.4) is 0 Å². The molecule has 0 radical (unpaired) electrons. The minimum Gasteiger partial charge on any atom is -0.337 e. The van der Waals surface area contributed by atoms with E-state index in [1.54, 1.807) is 17.0 Å². The molecule has 1 aliphatic rings. The second kappa shape index (κ2) is 6.60. The van der Waals surface area contributed by atoms with Crippen LogP contribution in [0.4, 0.5) is 0 Å². The fraction of sp³-hybridized carbons (Fsp3) is 0.385. The molecule has 10 heteroatoms. The zero-order chi connectivity index (χ0) is 16.4. The molecule has 1 aliphatic heterocycles. The number of aromatic nitrogens is 2. The van der Waals surface area contributed by atoms with Gasteiger partial charge in [0.2, 0.25) is 0 Å². The van der Waals surface area contributed by atoms with Gasteiger partial charge in [0.1, 0.15) is 0 Å². The quantitative estimate of drug-likeness (QED) is 0.885. The summed E-state index contributed by atoms with van der Waals surface area (Å²) in [6, 6.07) is 3.38. The summed E-state index contributed by atoms with van der Waals surface area (Å²) in [5.41, 5.74) is 0. The Kier molecular flexibility index (Phi) is 4.72. The van der Waals surface area contributed by atoms with Crippen molar-refractivity contribution >= 4 is 38.9 Å². The molecule has 3 rings (SSSR count). The molecular formula is C13H15ClN4O3S2. The number of thiophene rings is 1. The summed E-state index contributed by atoms with van der Waals surface area (Å²) in [5.74, 6) is -0.109. The molecule has 2 aromatic rings. The van der Waals surface area contributed by atoms with Gasteiger partial charge in [-0.1, -0.05) is 11.6 Å². The molecule has 2 aromatic heterocycles. The van der Waals surface area contributed by atoms with Crippen molar-refractivity contribution in [3.63, 3.8) is 0 Å². The van der Waals surface area contributed by atoms with Gasteiger partial charge in [0, 0.05) is 26.2 Å². The number of imidazole rings is 1. The van der Waals surface area contributed by atoms with E-state index < -0.39 is 10.0 Å². The summed E-state index contributed by atoms with van der Waals surface area (Å²) in [4.78, 5) is 21.1. The van der Waals surface area contributed by atoms with E-state index >= 15 is 0 Å². The van der Waals surface area contributed by atoms with Crippen LogP contribution in [0.2, 0.25) is 4.34 Å². The third-order valence-electron chi connectivity index (χ3n) is 3.62. The van der Waals surface area contributed by atoms with Gasteiger partial charge >= 0.3 is 0 Å². The molecule has 0 bridgehead atoms. The lowest BCUT2D eigenvalue weighted by molar-refractivity contribution is 0.0769. The number of H-pyrrole nitrogens is 1. The van der Waals surface area contributed by atoms with Crippen LogP contribution < -0.4 is 0 Å². The number of amides is 1. The normalized spacial score (nSPS) is 17.2. The van der Waals surface area contributed by atoms with Crippen molar-refractivity contribution in [3.8, 4) is 0 Å². The van der Waals surface area contributed by atoms with E-state index in [0.717, 1.165) is 0 Å². The second-order valence-electron chi connectivity index (χ2n) is 5.07. The van der Waals surface area contributed by atoms with Crippen molar-refractivity contribution < 1.29 is 13.2 Å². The maximum absolute atomic E-state index is 12.5. The molecule has 0 spiro atoms. The van der Waals surface area contributed by atoms with Gasteiger partial charge in [-0.05, 0) is 18.6 Å². The average molecular weight is 375 g/mol. The molecule has 0 aliphatic carbocycles. The van der Waals surface area contributed by atoms with Crippen molar-refractivity contribution in [1.82, 2.24) is 19.2 Å². The average Bonchev–Trinajstić information content (AvgIpc) is 3.13. The number of sulfonamides is 1. The Balaban J connectivity index is 1.71. The summed E-state index contributed by atoms with van der Waals surface area (Å²) < 4.78 is 26.9. The van der Waals surface area contributed by atoms with Crippen LogP contribution in [0, 0.1) is 0 Å². The maximum Gasteiger partial charge on any atom is 0.264 e. The molecule has 23 heavy (non-hydrogen) atoms. The minimum absolute atomic E-state index is 0.0716. The Morgan fingerprint density at radius 1 is 1.26 bits per heavy atom. The van der Waals surface area contributed by atoms with E-state index in [2.05, 4.69) is 9.97 Å². The molecule has 0 atom stereocenters. The number of hydrogen-bond donors (Lipinski definition) is 1. The van der Waals surface area contributed by atoms with Crippen LogP contribution in [0.5, 0.6) is 0 Å². The van der Waals surface area contributed by atoms with Gasteiger partial charge in [0.25, 0.3) is 15.9 Å². The Labute approximate surface area is 142 Å². The van der Waals surface area contributed by atoms with Crippen LogP contribution in [-0.4, -0.2) is 59.7 Å². The molecule has 0 saturated carbocycles. The molecule has 0 unspecified atom stereocenters. The maximum atomic E-state index is 12.5. The topological polar surface area (TPSA) is 86.4 Å². The molecule has 1 amide bonds. The molecule has 7 nitrogen and oxygen atoms in total. The Bertz CT molecular complexity index is 788. The summed E-state index contributed by atoms with van der Waals surface area (Å²) >= 11 is 7.10. The Morgan fingerprint density at radius 2 is 2.09 bits per heavy atom. The minimum atomic E-state index is -3.59. The van der Waals surface area contributed by atoms with Crippen molar-refractivity contribution in [1.29, 1.82) is 0 Å². The number of carbonyl (C=O) groups is 1. The lowest BCUT2D eigenvalue weighted by Gasteiger charge is -2.21. The number of carbonyl (C=O) groups excluding carboxylic acids is 1. The fourth-order valence-electron chi connectivity index (χ4n) is 2.45. The smallest absolute Gasteiger partial charge is 0.264 e. The van der Waals surface area contributed by atoms with Crippen molar-refractivity contribution in [2.45, 2.75) is 11.4 Å². The summed E-state index contributed by atoms with van der Waals surface area (Å²) in [6.45, 7) is 1.49. The van der Waals surface area contributed by atoms with Crippen LogP contribution in [0.25, 0.3) is 0 Å².